The molecule has 0 atom stereocenters. The summed E-state index contributed by atoms with van der Waals surface area (Å²) in [4.78, 5) is 0. The van der Waals surface area contributed by atoms with Crippen molar-refractivity contribution in [1.29, 1.82) is 0 Å². The zero-order valence-electron chi connectivity index (χ0n) is 6.38. The van der Waals surface area contributed by atoms with Gasteiger partial charge in [-0.3, -0.25) is 0 Å². The summed E-state index contributed by atoms with van der Waals surface area (Å²) in [7, 11) is 0. The predicted molar refractivity (Wildman–Crippen MR) is 56.7 cm³/mol. The van der Waals surface area contributed by atoms with Crippen molar-refractivity contribution in [1.82, 2.24) is 0 Å². The molecule has 0 fully saturated rings. The van der Waals surface area contributed by atoms with E-state index in [9.17, 15) is 0 Å². The molecule has 0 unspecified atom stereocenters. The Bertz CT molecular complexity index is 15.8. The van der Waals surface area contributed by atoms with Crippen LogP contribution < -0.4 is 0 Å². The lowest BCUT2D eigenvalue weighted by Crippen LogP contribution is -1.53. The standard InChI is InChI=1S/4CH3.2Al.3ClH/h4*1H3;;;3*1H. The Kier molecular flexibility index (Phi) is 174. The molecule has 0 bridgehead atoms. The maximum absolute atomic E-state index is 2.21. The molecule has 0 aromatic carbocycles. The smallest absolute Gasteiger partial charge is 0.147 e. The number of hydrogen-bond acceptors (Lipinski definition) is 0. The van der Waals surface area contributed by atoms with Crippen LogP contribution in [0.5, 0.6) is 0 Å². The third kappa shape index (κ3) is 167. The Labute approximate surface area is 90.2 Å². The van der Waals surface area contributed by atoms with Crippen molar-refractivity contribution in [2.24, 2.45) is 0 Å². The van der Waals surface area contributed by atoms with Crippen molar-refractivity contribution < 1.29 is 0 Å². The molecule has 0 amide bonds. The van der Waals surface area contributed by atoms with Crippen molar-refractivity contribution in [3.63, 3.8) is 0 Å². The molecular formula is C4H15Al2Cl3. The Balaban J connectivity index is -0.00000000889. The number of halogens is 3. The van der Waals surface area contributed by atoms with Gasteiger partial charge in [-0.05, 0) is 0 Å². The van der Waals surface area contributed by atoms with Gasteiger partial charge in [-0.15, -0.1) is 60.4 Å². The van der Waals surface area contributed by atoms with Gasteiger partial charge in [0.1, 0.15) is 0 Å². The van der Waals surface area contributed by atoms with Gasteiger partial charge in [0.15, 0.2) is 30.4 Å². The lowest BCUT2D eigenvalue weighted by atomic mass is 11.9. The molecule has 0 aliphatic heterocycles. The molecule has 0 spiro atoms. The van der Waals surface area contributed by atoms with Gasteiger partial charge in [0, 0.05) is 0 Å². The highest BCUT2D eigenvalue weighted by Crippen LogP contribution is 1.37. The fraction of sp³-hybridized carbons (Fsp3) is 1.00. The molecule has 58 valence electrons. The first kappa shape index (κ1) is 30.6. The van der Waals surface area contributed by atoms with Crippen LogP contribution in [-0.2, 0) is 0 Å². The first-order chi connectivity index (χ1) is 2.83. The summed E-state index contributed by atoms with van der Waals surface area (Å²) in [5, 5.41) is 0. The van der Waals surface area contributed by atoms with E-state index in [1.807, 2.05) is 0 Å². The van der Waals surface area contributed by atoms with Gasteiger partial charge in [-0.1, -0.05) is 0 Å². The molecule has 0 aliphatic carbocycles. The van der Waals surface area contributed by atoms with Gasteiger partial charge < -0.3 is 0 Å². The first-order valence-electron chi connectivity index (χ1n) is 2.31. The Morgan fingerprint density at radius 2 is 0.556 bits per heavy atom. The molecule has 0 N–H and O–H groups in total. The minimum Gasteiger partial charge on any atom is -0.147 e. The molecule has 0 aromatic rings. The Morgan fingerprint density at radius 3 is 0.556 bits per heavy atom. The average molecular weight is 223 g/mol. The van der Waals surface area contributed by atoms with Crippen molar-refractivity contribution in [3.05, 3.63) is 0 Å². The summed E-state index contributed by atoms with van der Waals surface area (Å²) in [6.45, 7) is 0. The fourth-order valence-electron chi connectivity index (χ4n) is 0. The Morgan fingerprint density at radius 1 is 0.556 bits per heavy atom. The van der Waals surface area contributed by atoms with Crippen LogP contribution in [0.4, 0.5) is 0 Å². The van der Waals surface area contributed by atoms with Gasteiger partial charge >= 0.3 is 0 Å². The highest BCUT2D eigenvalue weighted by atomic mass is 35.5. The summed E-state index contributed by atoms with van der Waals surface area (Å²) in [6.07, 6.45) is 0. The zero-order valence-corrected chi connectivity index (χ0v) is 11.1. The van der Waals surface area contributed by atoms with Crippen molar-refractivity contribution in [2.75, 3.05) is 0 Å². The molecular weight excluding hydrogens is 208 g/mol. The van der Waals surface area contributed by atoms with Crippen LogP contribution in [-0.4, -0.2) is 30.4 Å². The molecule has 5 heteroatoms. The van der Waals surface area contributed by atoms with Gasteiger partial charge in [0.05, 0.1) is 0 Å². The van der Waals surface area contributed by atoms with E-state index in [4.69, 9.17) is 0 Å². The third-order valence-electron chi connectivity index (χ3n) is 0. The second kappa shape index (κ2) is 51.2. The van der Waals surface area contributed by atoms with Crippen LogP contribution in [0, 0.1) is 0 Å². The SMILES string of the molecule is Cl.Cl.Cl.[CH3][Al][CH3].[CH3][Al][CH3]. The van der Waals surface area contributed by atoms with E-state index in [2.05, 4.69) is 23.1 Å². The molecule has 0 heterocycles. The van der Waals surface area contributed by atoms with Crippen LogP contribution >= 0.6 is 37.2 Å². The molecule has 9 heavy (non-hydrogen) atoms. The third-order valence-corrected chi connectivity index (χ3v) is 0. The van der Waals surface area contributed by atoms with Crippen LogP contribution in [0.15, 0.2) is 0 Å². The van der Waals surface area contributed by atoms with E-state index >= 15 is 0 Å². The second-order valence-corrected chi connectivity index (χ2v) is 3.46. The molecule has 0 rings (SSSR count). The highest BCUT2D eigenvalue weighted by Gasteiger charge is 1.46. The monoisotopic (exact) mass is 222 g/mol. The van der Waals surface area contributed by atoms with E-state index in [0.29, 0.717) is 0 Å². The first-order valence-corrected chi connectivity index (χ1v) is 6.93. The van der Waals surface area contributed by atoms with E-state index in [-0.39, 0.29) is 37.2 Å². The molecule has 2 radical (unpaired) electrons. The summed E-state index contributed by atoms with van der Waals surface area (Å²) in [5.74, 6) is 8.83. The largest absolute Gasteiger partial charge is 0.191 e. The molecule has 0 saturated heterocycles. The van der Waals surface area contributed by atoms with Crippen LogP contribution in [0.3, 0.4) is 0 Å². The van der Waals surface area contributed by atoms with Crippen LogP contribution in [0.25, 0.3) is 0 Å². The van der Waals surface area contributed by atoms with Gasteiger partial charge in [0.25, 0.3) is 0 Å². The van der Waals surface area contributed by atoms with Crippen molar-refractivity contribution >= 4 is 67.7 Å². The van der Waals surface area contributed by atoms with Crippen LogP contribution in [0.2, 0.25) is 23.1 Å². The summed E-state index contributed by atoms with van der Waals surface area (Å²) in [5.41, 5.74) is 0. The number of rotatable bonds is 0. The van der Waals surface area contributed by atoms with Gasteiger partial charge in [-0.2, -0.15) is 0 Å². The van der Waals surface area contributed by atoms with Crippen molar-refractivity contribution in [3.8, 4) is 0 Å². The van der Waals surface area contributed by atoms with Gasteiger partial charge in [0.2, 0.25) is 0 Å². The lowest BCUT2D eigenvalue weighted by Gasteiger charge is -1.38. The second-order valence-electron chi connectivity index (χ2n) is 1.15. The minimum absolute atomic E-state index is 0. The van der Waals surface area contributed by atoms with E-state index in [1.165, 1.54) is 0 Å². The van der Waals surface area contributed by atoms with E-state index in [0.717, 1.165) is 30.4 Å². The fourth-order valence-corrected chi connectivity index (χ4v) is 0. The Hall–Kier alpha value is 1.93. The van der Waals surface area contributed by atoms with E-state index in [1.54, 1.807) is 0 Å². The maximum Gasteiger partial charge on any atom is 0.191 e. The topological polar surface area (TPSA) is 0 Å². The average Bonchev–Trinajstić information content (AvgIpc) is 1.39. The quantitative estimate of drug-likeness (QED) is 0.554. The zero-order chi connectivity index (χ0) is 5.41. The highest BCUT2D eigenvalue weighted by molar-refractivity contribution is 6.31. The van der Waals surface area contributed by atoms with Crippen LogP contribution in [0.1, 0.15) is 0 Å². The minimum atomic E-state index is 0. The summed E-state index contributed by atoms with van der Waals surface area (Å²) < 4.78 is 0. The van der Waals surface area contributed by atoms with Gasteiger partial charge in [-0.25, -0.2) is 0 Å². The maximum atomic E-state index is 2.21. The van der Waals surface area contributed by atoms with Crippen molar-refractivity contribution in [2.45, 2.75) is 23.1 Å². The summed E-state index contributed by atoms with van der Waals surface area (Å²) in [6, 6.07) is 0. The lowest BCUT2D eigenvalue weighted by molar-refractivity contribution is 2.14. The predicted octanol–water partition coefficient (Wildman–Crippen LogP) is 2.84. The summed E-state index contributed by atoms with van der Waals surface area (Å²) >= 11 is 1.50. The normalized spacial score (nSPS) is 3.11. The molecule has 0 saturated carbocycles. The molecule has 0 aromatic heterocycles. The number of hydrogen-bond donors (Lipinski definition) is 0. The molecule has 0 nitrogen and oxygen atoms in total. The van der Waals surface area contributed by atoms with E-state index < -0.39 is 0 Å². The molecule has 0 aliphatic rings.